The number of halogens is 7. The maximum absolute atomic E-state index is 14.5. The van der Waals surface area contributed by atoms with Crippen molar-refractivity contribution in [1.82, 2.24) is 0 Å². The number of carbonyl (C=O) groups is 1. The molecule has 1 aliphatic rings. The van der Waals surface area contributed by atoms with Crippen LogP contribution in [-0.2, 0) is 11.0 Å². The quantitative estimate of drug-likeness (QED) is 0.236. The number of hydrogen-bond acceptors (Lipinski definition) is 3. The molecule has 0 unspecified atom stereocenters. The average Bonchev–Trinajstić information content (AvgIpc) is 2.76. The van der Waals surface area contributed by atoms with Crippen molar-refractivity contribution >= 4 is 17.0 Å². The molecule has 2 aromatic carbocycles. The SMILES string of the molecule is [C-]#[N+]c1c(F)c(F)c(/C(C#N)=C2\C=CC(=O)C=C2Oc2ccc(C(F)(F)F)cc2)c(F)c1F. The van der Waals surface area contributed by atoms with Crippen LogP contribution in [0.5, 0.6) is 5.75 Å². The van der Waals surface area contributed by atoms with Gasteiger partial charge in [-0.15, -0.1) is 0 Å². The fourth-order valence-corrected chi connectivity index (χ4v) is 2.82. The molecule has 166 valence electrons. The number of ketones is 1. The first-order valence-electron chi connectivity index (χ1n) is 8.67. The van der Waals surface area contributed by atoms with Crippen LogP contribution in [0.25, 0.3) is 10.4 Å². The first kappa shape index (κ1) is 23.3. The third-order valence-electron chi connectivity index (χ3n) is 4.35. The molecule has 0 amide bonds. The summed E-state index contributed by atoms with van der Waals surface area (Å²) in [5, 5.41) is 9.49. The van der Waals surface area contributed by atoms with Gasteiger partial charge >= 0.3 is 6.18 Å². The van der Waals surface area contributed by atoms with E-state index in [0.717, 1.165) is 30.4 Å². The Labute approximate surface area is 180 Å². The van der Waals surface area contributed by atoms with Crippen LogP contribution in [0.3, 0.4) is 0 Å². The second-order valence-electron chi connectivity index (χ2n) is 6.36. The Balaban J connectivity index is 2.16. The van der Waals surface area contributed by atoms with Gasteiger partial charge in [-0.3, -0.25) is 4.79 Å². The van der Waals surface area contributed by atoms with Gasteiger partial charge in [-0.1, -0.05) is 0 Å². The van der Waals surface area contributed by atoms with Gasteiger partial charge < -0.3 is 4.74 Å². The zero-order valence-corrected chi connectivity index (χ0v) is 15.9. The summed E-state index contributed by atoms with van der Waals surface area (Å²) in [7, 11) is 0. The molecule has 4 nitrogen and oxygen atoms in total. The Morgan fingerprint density at radius 2 is 1.55 bits per heavy atom. The lowest BCUT2D eigenvalue weighted by Crippen LogP contribution is -2.10. The van der Waals surface area contributed by atoms with Crippen LogP contribution in [0, 0.1) is 41.2 Å². The van der Waals surface area contributed by atoms with Gasteiger partial charge in [-0.2, -0.15) is 18.4 Å². The number of allylic oxidation sites excluding steroid dienone is 4. The molecule has 11 heteroatoms. The van der Waals surface area contributed by atoms with Crippen LogP contribution in [-0.4, -0.2) is 5.78 Å². The van der Waals surface area contributed by atoms with Gasteiger partial charge in [0.05, 0.1) is 23.3 Å². The molecule has 0 bridgehead atoms. The molecule has 0 spiro atoms. The molecule has 0 atom stereocenters. The maximum atomic E-state index is 14.5. The largest absolute Gasteiger partial charge is 0.457 e. The molecule has 0 saturated heterocycles. The van der Waals surface area contributed by atoms with Crippen molar-refractivity contribution in [2.45, 2.75) is 6.18 Å². The highest BCUT2D eigenvalue weighted by atomic mass is 19.4. The van der Waals surface area contributed by atoms with E-state index in [2.05, 4.69) is 4.85 Å². The van der Waals surface area contributed by atoms with Crippen LogP contribution in [0.1, 0.15) is 11.1 Å². The third-order valence-corrected chi connectivity index (χ3v) is 4.35. The van der Waals surface area contributed by atoms with E-state index in [0.29, 0.717) is 12.1 Å². The highest BCUT2D eigenvalue weighted by Gasteiger charge is 2.31. The van der Waals surface area contributed by atoms with Crippen LogP contribution in [0.4, 0.5) is 36.4 Å². The van der Waals surface area contributed by atoms with Gasteiger partial charge in [0.25, 0.3) is 5.69 Å². The van der Waals surface area contributed by atoms with E-state index in [-0.39, 0.29) is 5.75 Å². The average molecular weight is 464 g/mol. The summed E-state index contributed by atoms with van der Waals surface area (Å²) >= 11 is 0. The van der Waals surface area contributed by atoms with Crippen LogP contribution >= 0.6 is 0 Å². The zero-order valence-electron chi connectivity index (χ0n) is 15.9. The van der Waals surface area contributed by atoms with Crippen molar-refractivity contribution in [1.29, 1.82) is 5.26 Å². The molecule has 0 aromatic heterocycles. The van der Waals surface area contributed by atoms with E-state index >= 15 is 0 Å². The maximum Gasteiger partial charge on any atom is 0.416 e. The first-order valence-corrected chi connectivity index (χ1v) is 8.67. The summed E-state index contributed by atoms with van der Waals surface area (Å²) < 4.78 is 101. The lowest BCUT2D eigenvalue weighted by Gasteiger charge is -2.17. The van der Waals surface area contributed by atoms with Gasteiger partial charge in [0, 0.05) is 11.6 Å². The van der Waals surface area contributed by atoms with E-state index in [1.165, 1.54) is 6.07 Å². The van der Waals surface area contributed by atoms with Crippen LogP contribution < -0.4 is 4.74 Å². The minimum Gasteiger partial charge on any atom is -0.457 e. The molecule has 0 N–H and O–H groups in total. The summed E-state index contributed by atoms with van der Waals surface area (Å²) in [6.07, 6.45) is -2.12. The minimum absolute atomic E-state index is 0.242. The molecular formula is C22H7F7N2O2. The molecule has 0 heterocycles. The van der Waals surface area contributed by atoms with Gasteiger partial charge in [-0.05, 0) is 36.4 Å². The van der Waals surface area contributed by atoms with E-state index in [1.807, 2.05) is 0 Å². The molecule has 1 aliphatic carbocycles. The number of hydrogen-bond donors (Lipinski definition) is 0. The minimum atomic E-state index is -4.64. The summed E-state index contributed by atoms with van der Waals surface area (Å²) in [6.45, 7) is 6.66. The van der Waals surface area contributed by atoms with Gasteiger partial charge in [0.1, 0.15) is 17.6 Å². The summed E-state index contributed by atoms with van der Waals surface area (Å²) in [6, 6.07) is 4.49. The lowest BCUT2D eigenvalue weighted by atomic mass is 9.94. The smallest absolute Gasteiger partial charge is 0.416 e. The second kappa shape index (κ2) is 8.63. The van der Waals surface area contributed by atoms with Crippen molar-refractivity contribution in [3.05, 3.63) is 99.6 Å². The summed E-state index contributed by atoms with van der Waals surface area (Å²) in [5.74, 6) is -9.58. The third kappa shape index (κ3) is 4.34. The molecule has 0 radical (unpaired) electrons. The van der Waals surface area contributed by atoms with E-state index in [9.17, 15) is 40.8 Å². The Morgan fingerprint density at radius 3 is 2.03 bits per heavy atom. The topological polar surface area (TPSA) is 54.5 Å². The predicted octanol–water partition coefficient (Wildman–Crippen LogP) is 6.19. The van der Waals surface area contributed by atoms with Crippen molar-refractivity contribution in [3.63, 3.8) is 0 Å². The van der Waals surface area contributed by atoms with Crippen molar-refractivity contribution < 1.29 is 40.3 Å². The summed E-state index contributed by atoms with van der Waals surface area (Å²) in [4.78, 5) is 14.2. The molecule has 0 saturated carbocycles. The Bertz CT molecular complexity index is 1310. The van der Waals surface area contributed by atoms with Crippen molar-refractivity contribution in [2.75, 3.05) is 0 Å². The Hall–Kier alpha value is -4.38. The van der Waals surface area contributed by atoms with Crippen molar-refractivity contribution in [3.8, 4) is 11.8 Å². The molecule has 0 fully saturated rings. The number of nitriles is 1. The Kier molecular flexibility index (Phi) is 6.09. The van der Waals surface area contributed by atoms with E-state index < -0.39 is 68.9 Å². The van der Waals surface area contributed by atoms with Gasteiger partial charge in [0.2, 0.25) is 0 Å². The van der Waals surface area contributed by atoms with Crippen molar-refractivity contribution in [2.24, 2.45) is 0 Å². The van der Waals surface area contributed by atoms with Crippen LogP contribution in [0.15, 0.2) is 53.8 Å². The number of benzene rings is 2. The highest BCUT2D eigenvalue weighted by molar-refractivity contribution is 6.03. The fourth-order valence-electron chi connectivity index (χ4n) is 2.82. The van der Waals surface area contributed by atoms with Gasteiger partial charge in [0.15, 0.2) is 29.1 Å². The normalized spacial score (nSPS) is 14.9. The predicted molar refractivity (Wildman–Crippen MR) is 99.4 cm³/mol. The van der Waals surface area contributed by atoms with E-state index in [4.69, 9.17) is 11.3 Å². The summed E-state index contributed by atoms with van der Waals surface area (Å²) in [5.41, 5.74) is -5.48. The first-order chi connectivity index (χ1) is 15.5. The fraction of sp³-hybridized carbons (Fsp3) is 0.0455. The monoisotopic (exact) mass is 464 g/mol. The molecule has 3 rings (SSSR count). The molecule has 2 aromatic rings. The molecule has 33 heavy (non-hydrogen) atoms. The molecular weight excluding hydrogens is 457 g/mol. The number of nitrogens with zero attached hydrogens (tertiary/aromatic N) is 2. The van der Waals surface area contributed by atoms with E-state index in [1.54, 1.807) is 0 Å². The standard InChI is InChI=1S/C22H7F7N2O2/c1-31-21-19(25)17(23)16(18(24)20(21)26)14(9-30)13-7-4-11(32)8-15(13)33-12-5-2-10(3-6-12)22(27,28)29/h2-8H/b14-13+. The number of ether oxygens (including phenoxy) is 1. The zero-order chi connectivity index (χ0) is 24.5. The Morgan fingerprint density at radius 1 is 0.970 bits per heavy atom. The lowest BCUT2D eigenvalue weighted by molar-refractivity contribution is -0.137. The number of carbonyl (C=O) groups excluding carboxylic acids is 1. The van der Waals surface area contributed by atoms with Crippen LogP contribution in [0.2, 0.25) is 0 Å². The second-order valence-corrected chi connectivity index (χ2v) is 6.36. The van der Waals surface area contributed by atoms with Gasteiger partial charge in [-0.25, -0.2) is 22.4 Å². The molecule has 0 aliphatic heterocycles. The number of rotatable bonds is 3. The highest BCUT2D eigenvalue weighted by Crippen LogP contribution is 2.37. The number of alkyl halides is 3.